The molecule has 0 saturated heterocycles. The minimum atomic E-state index is -0.750. The number of fused-ring (bicyclic) bond motifs is 1. The minimum absolute atomic E-state index is 0.0559. The number of rotatable bonds is 10. The van der Waals surface area contributed by atoms with Crippen LogP contribution in [-0.4, -0.2) is 48.2 Å². The summed E-state index contributed by atoms with van der Waals surface area (Å²) in [5.74, 6) is -0.828. The average Bonchev–Trinajstić information content (AvgIpc) is 2.83. The maximum atomic E-state index is 13.0. The van der Waals surface area contributed by atoms with Gasteiger partial charge in [-0.15, -0.1) is 0 Å². The van der Waals surface area contributed by atoms with E-state index >= 15 is 0 Å². The van der Waals surface area contributed by atoms with Gasteiger partial charge in [0.2, 0.25) is 5.91 Å². The zero-order chi connectivity index (χ0) is 24.7. The van der Waals surface area contributed by atoms with E-state index in [1.807, 2.05) is 37.3 Å². The summed E-state index contributed by atoms with van der Waals surface area (Å²) in [6.45, 7) is 2.43. The van der Waals surface area contributed by atoms with Gasteiger partial charge >= 0.3 is 5.69 Å². The van der Waals surface area contributed by atoms with Gasteiger partial charge < -0.3 is 20.7 Å². The summed E-state index contributed by atoms with van der Waals surface area (Å²) in [5, 5.41) is 4.70. The molecule has 0 bridgehead atoms. The second-order valence-corrected chi connectivity index (χ2v) is 7.75. The van der Waals surface area contributed by atoms with Crippen molar-refractivity contribution < 1.29 is 14.3 Å². The number of benzene rings is 2. The maximum Gasteiger partial charge on any atom is 0.330 e. The largest absolute Gasteiger partial charge is 0.383 e. The van der Waals surface area contributed by atoms with E-state index in [0.29, 0.717) is 18.5 Å². The molecule has 0 aliphatic carbocycles. The Bertz CT molecular complexity index is 1300. The highest BCUT2D eigenvalue weighted by Gasteiger charge is 2.24. The van der Waals surface area contributed by atoms with Gasteiger partial charge in [0.15, 0.2) is 5.69 Å². The van der Waals surface area contributed by atoms with Crippen LogP contribution in [0.25, 0.3) is 10.8 Å². The number of H-pyrrole nitrogens is 1. The van der Waals surface area contributed by atoms with Crippen LogP contribution in [0.2, 0.25) is 0 Å². The van der Waals surface area contributed by atoms with Crippen LogP contribution in [0.5, 0.6) is 0 Å². The van der Waals surface area contributed by atoms with Crippen LogP contribution in [-0.2, 0) is 16.1 Å². The van der Waals surface area contributed by atoms with Gasteiger partial charge in [-0.2, -0.15) is 0 Å². The summed E-state index contributed by atoms with van der Waals surface area (Å²) in [6, 6.07) is 13.1. The highest BCUT2D eigenvalue weighted by Crippen LogP contribution is 2.18. The molecular formula is C24H29N5O5. The second kappa shape index (κ2) is 11.3. The molecular weight excluding hydrogens is 438 g/mol. The molecule has 0 aliphatic heterocycles. The topological polar surface area (TPSA) is 140 Å². The van der Waals surface area contributed by atoms with Gasteiger partial charge in [-0.3, -0.25) is 23.9 Å². The number of amides is 2. The van der Waals surface area contributed by atoms with Gasteiger partial charge in [-0.25, -0.2) is 4.79 Å². The van der Waals surface area contributed by atoms with Crippen molar-refractivity contribution >= 4 is 34.1 Å². The molecule has 10 heteroatoms. The van der Waals surface area contributed by atoms with Crippen LogP contribution in [0.1, 0.15) is 30.1 Å². The third kappa shape index (κ3) is 5.52. The number of hydrogen-bond donors (Lipinski definition) is 3. The highest BCUT2D eigenvalue weighted by atomic mass is 16.5. The van der Waals surface area contributed by atoms with Crippen molar-refractivity contribution in [1.29, 1.82) is 0 Å². The average molecular weight is 468 g/mol. The van der Waals surface area contributed by atoms with Gasteiger partial charge in [-0.05, 0) is 29.3 Å². The third-order valence-corrected chi connectivity index (χ3v) is 5.39. The molecule has 2 amide bonds. The number of carbonyl (C=O) groups excluding carboxylic acids is 2. The number of nitrogens with one attached hydrogen (secondary N) is 2. The van der Waals surface area contributed by atoms with E-state index in [2.05, 4.69) is 10.3 Å². The number of aromatic amines is 1. The Morgan fingerprint density at radius 2 is 1.88 bits per heavy atom. The van der Waals surface area contributed by atoms with Crippen LogP contribution < -0.4 is 27.2 Å². The molecule has 10 nitrogen and oxygen atoms in total. The van der Waals surface area contributed by atoms with E-state index in [1.165, 1.54) is 16.6 Å². The van der Waals surface area contributed by atoms with Crippen molar-refractivity contribution in [2.24, 2.45) is 0 Å². The molecule has 180 valence electrons. The van der Waals surface area contributed by atoms with Crippen molar-refractivity contribution in [3.63, 3.8) is 0 Å². The number of aromatic nitrogens is 2. The molecule has 2 aromatic carbocycles. The summed E-state index contributed by atoms with van der Waals surface area (Å²) >= 11 is 0. The first-order valence-corrected chi connectivity index (χ1v) is 11.1. The standard InChI is InChI=1S/C24H29N5O5/c1-3-12-29-21(25)20(23(32)27-24(29)33)28(13-14-34-2)19(30)10-11-26-22(31)18-9-8-16-6-4-5-7-17(16)15-18/h4-9,15H,3,10-14,25H2,1-2H3,(H,26,31)(H,27,32,33). The summed E-state index contributed by atoms with van der Waals surface area (Å²) in [7, 11) is 1.47. The van der Waals surface area contributed by atoms with Crippen molar-refractivity contribution in [3.05, 3.63) is 68.9 Å². The normalized spacial score (nSPS) is 10.9. The Morgan fingerprint density at radius 3 is 2.59 bits per heavy atom. The number of methoxy groups -OCH3 is 1. The number of anilines is 2. The lowest BCUT2D eigenvalue weighted by Gasteiger charge is -2.24. The molecule has 0 atom stereocenters. The molecule has 0 saturated carbocycles. The first kappa shape index (κ1) is 24.7. The summed E-state index contributed by atoms with van der Waals surface area (Å²) in [4.78, 5) is 53.7. The van der Waals surface area contributed by atoms with Crippen molar-refractivity contribution in [2.45, 2.75) is 26.3 Å². The van der Waals surface area contributed by atoms with E-state index in [9.17, 15) is 19.2 Å². The molecule has 0 aliphatic rings. The highest BCUT2D eigenvalue weighted by molar-refractivity contribution is 5.99. The lowest BCUT2D eigenvalue weighted by molar-refractivity contribution is -0.118. The molecule has 0 spiro atoms. The lowest BCUT2D eigenvalue weighted by Crippen LogP contribution is -2.43. The van der Waals surface area contributed by atoms with Gasteiger partial charge in [-0.1, -0.05) is 37.3 Å². The summed E-state index contributed by atoms with van der Waals surface area (Å²) in [5.41, 5.74) is 5.12. The Morgan fingerprint density at radius 1 is 1.15 bits per heavy atom. The fraction of sp³-hybridized carbons (Fsp3) is 0.333. The fourth-order valence-electron chi connectivity index (χ4n) is 3.68. The van der Waals surface area contributed by atoms with Crippen LogP contribution >= 0.6 is 0 Å². The zero-order valence-corrected chi connectivity index (χ0v) is 19.3. The summed E-state index contributed by atoms with van der Waals surface area (Å²) < 4.78 is 6.30. The predicted octanol–water partition coefficient (Wildman–Crippen LogP) is 1.48. The SMILES string of the molecule is CCCn1c(N)c(N(CCOC)C(=O)CCNC(=O)c2ccc3ccccc3c2)c(=O)[nH]c1=O. The Kier molecular flexibility index (Phi) is 8.20. The van der Waals surface area contributed by atoms with Crippen molar-refractivity contribution in [2.75, 3.05) is 37.4 Å². The van der Waals surface area contributed by atoms with Gasteiger partial charge in [0, 0.05) is 38.7 Å². The number of nitrogens with zero attached hydrogens (tertiary/aromatic N) is 2. The summed E-state index contributed by atoms with van der Waals surface area (Å²) in [6.07, 6.45) is 0.539. The Balaban J connectivity index is 1.75. The molecule has 1 heterocycles. The van der Waals surface area contributed by atoms with Crippen LogP contribution in [0.15, 0.2) is 52.1 Å². The van der Waals surface area contributed by atoms with Gasteiger partial charge in [0.25, 0.3) is 11.5 Å². The molecule has 4 N–H and O–H groups in total. The van der Waals surface area contributed by atoms with Crippen LogP contribution in [0.3, 0.4) is 0 Å². The monoisotopic (exact) mass is 467 g/mol. The second-order valence-electron chi connectivity index (χ2n) is 7.75. The Labute approximate surface area is 196 Å². The predicted molar refractivity (Wildman–Crippen MR) is 131 cm³/mol. The molecule has 0 unspecified atom stereocenters. The van der Waals surface area contributed by atoms with E-state index in [4.69, 9.17) is 10.5 Å². The molecule has 0 fully saturated rings. The van der Waals surface area contributed by atoms with Crippen LogP contribution in [0.4, 0.5) is 11.5 Å². The van der Waals surface area contributed by atoms with E-state index in [0.717, 1.165) is 10.8 Å². The molecule has 0 radical (unpaired) electrons. The van der Waals surface area contributed by atoms with E-state index in [-0.39, 0.29) is 43.5 Å². The van der Waals surface area contributed by atoms with E-state index in [1.54, 1.807) is 12.1 Å². The quantitative estimate of drug-likeness (QED) is 0.413. The van der Waals surface area contributed by atoms with Gasteiger partial charge in [0.1, 0.15) is 5.82 Å². The number of hydrogen-bond acceptors (Lipinski definition) is 6. The minimum Gasteiger partial charge on any atom is -0.383 e. The van der Waals surface area contributed by atoms with Crippen molar-refractivity contribution in [1.82, 2.24) is 14.9 Å². The first-order valence-electron chi connectivity index (χ1n) is 11.1. The maximum absolute atomic E-state index is 13.0. The molecule has 1 aromatic heterocycles. The smallest absolute Gasteiger partial charge is 0.330 e. The number of ether oxygens (including phenoxy) is 1. The molecule has 34 heavy (non-hydrogen) atoms. The first-order chi connectivity index (χ1) is 16.4. The van der Waals surface area contributed by atoms with Gasteiger partial charge in [0.05, 0.1) is 6.61 Å². The van der Waals surface area contributed by atoms with E-state index < -0.39 is 17.2 Å². The number of nitrogens with two attached hydrogens (primary N) is 1. The number of carbonyl (C=O) groups is 2. The molecule has 3 aromatic rings. The van der Waals surface area contributed by atoms with Crippen LogP contribution in [0, 0.1) is 0 Å². The molecule has 3 rings (SSSR count). The Hall–Kier alpha value is -3.92. The zero-order valence-electron chi connectivity index (χ0n) is 19.3. The lowest BCUT2D eigenvalue weighted by atomic mass is 10.1. The number of nitrogen functional groups attached to an aromatic ring is 1. The third-order valence-electron chi connectivity index (χ3n) is 5.39. The van der Waals surface area contributed by atoms with Crippen molar-refractivity contribution in [3.8, 4) is 0 Å². The fourth-order valence-corrected chi connectivity index (χ4v) is 3.68.